The summed E-state index contributed by atoms with van der Waals surface area (Å²) in [5, 5.41) is 9.10. The van der Waals surface area contributed by atoms with Gasteiger partial charge in [-0.2, -0.15) is 0 Å². The van der Waals surface area contributed by atoms with Crippen LogP contribution in [0.2, 0.25) is 0 Å². The highest BCUT2D eigenvalue weighted by atomic mass is 16.5. The maximum Gasteiger partial charge on any atom is 0.338 e. The Kier molecular flexibility index (Phi) is 6.83. The summed E-state index contributed by atoms with van der Waals surface area (Å²) in [6.45, 7) is 3.68. The van der Waals surface area contributed by atoms with Gasteiger partial charge in [0.1, 0.15) is 0 Å². The van der Waals surface area contributed by atoms with Gasteiger partial charge < -0.3 is 25.2 Å². The molecule has 0 radical (unpaired) electrons. The lowest BCUT2D eigenvalue weighted by molar-refractivity contribution is 0.0526. The van der Waals surface area contributed by atoms with Crippen molar-refractivity contribution in [1.82, 2.24) is 0 Å². The van der Waals surface area contributed by atoms with Gasteiger partial charge in [-0.1, -0.05) is 0 Å². The number of carbonyl (C=O) groups excluding carboxylic acids is 1. The van der Waals surface area contributed by atoms with Crippen LogP contribution in [-0.4, -0.2) is 51.1 Å². The number of nitrogens with two attached hydrogens (primary N) is 1. The quantitative estimate of drug-likeness (QED) is 0.544. The summed E-state index contributed by atoms with van der Waals surface area (Å²) in [6, 6.07) is 5.01. The van der Waals surface area contributed by atoms with Crippen LogP contribution in [0.25, 0.3) is 0 Å². The van der Waals surface area contributed by atoms with E-state index in [1.807, 2.05) is 4.90 Å². The molecule has 0 bridgehead atoms. The van der Waals surface area contributed by atoms with Crippen LogP contribution in [-0.2, 0) is 9.47 Å². The minimum Gasteiger partial charge on any atom is -0.462 e. The standard InChI is InChI=1S/C14H22N2O4/c1-3-20-14(18)11-4-5-13(12(15)10-11)16(6-8-17)7-9-19-2/h4-5,10,17H,3,6-9,15H2,1-2H3. The van der Waals surface area contributed by atoms with Gasteiger partial charge in [-0.15, -0.1) is 0 Å². The molecule has 0 spiro atoms. The van der Waals surface area contributed by atoms with E-state index in [2.05, 4.69) is 0 Å². The van der Waals surface area contributed by atoms with E-state index in [1.165, 1.54) is 0 Å². The predicted molar refractivity (Wildman–Crippen MR) is 78.0 cm³/mol. The number of anilines is 2. The molecule has 0 aliphatic rings. The molecule has 0 saturated heterocycles. The van der Waals surface area contributed by atoms with E-state index in [4.69, 9.17) is 20.3 Å². The van der Waals surface area contributed by atoms with Crippen LogP contribution in [0.3, 0.4) is 0 Å². The van der Waals surface area contributed by atoms with Gasteiger partial charge in [-0.05, 0) is 25.1 Å². The van der Waals surface area contributed by atoms with E-state index in [0.717, 1.165) is 5.69 Å². The third-order valence-corrected chi connectivity index (χ3v) is 2.81. The lowest BCUT2D eigenvalue weighted by Gasteiger charge is -2.25. The average Bonchev–Trinajstić information content (AvgIpc) is 2.44. The third-order valence-electron chi connectivity index (χ3n) is 2.81. The van der Waals surface area contributed by atoms with Gasteiger partial charge in [-0.3, -0.25) is 0 Å². The summed E-state index contributed by atoms with van der Waals surface area (Å²) in [6.07, 6.45) is 0. The van der Waals surface area contributed by atoms with Crippen molar-refractivity contribution in [1.29, 1.82) is 0 Å². The van der Waals surface area contributed by atoms with Crippen molar-refractivity contribution in [3.8, 4) is 0 Å². The Balaban J connectivity index is 2.91. The number of ether oxygens (including phenoxy) is 2. The number of hydrogen-bond donors (Lipinski definition) is 2. The van der Waals surface area contributed by atoms with Crippen LogP contribution in [0.1, 0.15) is 17.3 Å². The van der Waals surface area contributed by atoms with Gasteiger partial charge in [0.15, 0.2) is 0 Å². The molecule has 6 nitrogen and oxygen atoms in total. The molecule has 1 rings (SSSR count). The zero-order valence-corrected chi connectivity index (χ0v) is 12.0. The molecule has 1 aromatic carbocycles. The molecule has 0 fully saturated rings. The van der Waals surface area contributed by atoms with Crippen molar-refractivity contribution >= 4 is 17.3 Å². The van der Waals surface area contributed by atoms with Crippen molar-refractivity contribution in [3.05, 3.63) is 23.8 Å². The molecule has 0 atom stereocenters. The number of aliphatic hydroxyl groups is 1. The fourth-order valence-electron chi connectivity index (χ4n) is 1.86. The monoisotopic (exact) mass is 282 g/mol. The van der Waals surface area contributed by atoms with Gasteiger partial charge in [-0.25, -0.2) is 4.79 Å². The maximum absolute atomic E-state index is 11.6. The van der Waals surface area contributed by atoms with Crippen molar-refractivity contribution < 1.29 is 19.4 Å². The first-order valence-corrected chi connectivity index (χ1v) is 6.55. The first kappa shape index (κ1) is 16.3. The van der Waals surface area contributed by atoms with E-state index in [9.17, 15) is 4.79 Å². The first-order valence-electron chi connectivity index (χ1n) is 6.55. The normalized spacial score (nSPS) is 10.3. The van der Waals surface area contributed by atoms with Gasteiger partial charge in [0, 0.05) is 20.2 Å². The Labute approximate surface area is 119 Å². The number of benzene rings is 1. The molecule has 0 heterocycles. The molecule has 0 aromatic heterocycles. The largest absolute Gasteiger partial charge is 0.462 e. The average molecular weight is 282 g/mol. The molecule has 0 unspecified atom stereocenters. The summed E-state index contributed by atoms with van der Waals surface area (Å²) in [7, 11) is 1.62. The molecular weight excluding hydrogens is 260 g/mol. The Morgan fingerprint density at radius 3 is 2.70 bits per heavy atom. The molecule has 0 amide bonds. The molecule has 6 heteroatoms. The summed E-state index contributed by atoms with van der Waals surface area (Å²) >= 11 is 0. The Bertz CT molecular complexity index is 437. The van der Waals surface area contributed by atoms with Crippen molar-refractivity contribution in [3.63, 3.8) is 0 Å². The lowest BCUT2D eigenvalue weighted by atomic mass is 10.1. The molecular formula is C14H22N2O4. The van der Waals surface area contributed by atoms with Gasteiger partial charge >= 0.3 is 5.97 Å². The Hall–Kier alpha value is -1.79. The van der Waals surface area contributed by atoms with Crippen LogP contribution in [0.15, 0.2) is 18.2 Å². The van der Waals surface area contributed by atoms with Gasteiger partial charge in [0.2, 0.25) is 0 Å². The highest BCUT2D eigenvalue weighted by molar-refractivity contribution is 5.92. The highest BCUT2D eigenvalue weighted by Gasteiger charge is 2.13. The molecule has 0 saturated carbocycles. The SMILES string of the molecule is CCOC(=O)c1ccc(N(CCO)CCOC)c(N)c1. The maximum atomic E-state index is 11.6. The summed E-state index contributed by atoms with van der Waals surface area (Å²) in [4.78, 5) is 13.5. The van der Waals surface area contributed by atoms with Crippen LogP contribution >= 0.6 is 0 Å². The van der Waals surface area contributed by atoms with Crippen LogP contribution in [0, 0.1) is 0 Å². The van der Waals surface area contributed by atoms with Crippen molar-refractivity contribution in [2.75, 3.05) is 50.7 Å². The Morgan fingerprint density at radius 1 is 1.40 bits per heavy atom. The summed E-state index contributed by atoms with van der Waals surface area (Å²) in [5.41, 5.74) is 7.65. The molecule has 3 N–H and O–H groups in total. The van der Waals surface area contributed by atoms with E-state index < -0.39 is 5.97 Å². The van der Waals surface area contributed by atoms with E-state index in [-0.39, 0.29) is 6.61 Å². The van der Waals surface area contributed by atoms with Crippen LogP contribution in [0.4, 0.5) is 11.4 Å². The first-order chi connectivity index (χ1) is 9.63. The summed E-state index contributed by atoms with van der Waals surface area (Å²) < 4.78 is 9.96. The fraction of sp³-hybridized carbons (Fsp3) is 0.500. The third kappa shape index (κ3) is 4.40. The molecule has 0 aliphatic heterocycles. The smallest absolute Gasteiger partial charge is 0.338 e. The van der Waals surface area contributed by atoms with Crippen molar-refractivity contribution in [2.24, 2.45) is 0 Å². The van der Waals surface area contributed by atoms with E-state index in [0.29, 0.717) is 37.6 Å². The number of esters is 1. The number of hydrogen-bond acceptors (Lipinski definition) is 6. The lowest BCUT2D eigenvalue weighted by Crippen LogP contribution is -2.30. The Morgan fingerprint density at radius 2 is 2.15 bits per heavy atom. The minimum atomic E-state index is -0.392. The number of methoxy groups -OCH3 is 1. The molecule has 0 aliphatic carbocycles. The van der Waals surface area contributed by atoms with Gasteiger partial charge in [0.25, 0.3) is 0 Å². The second kappa shape index (κ2) is 8.39. The van der Waals surface area contributed by atoms with E-state index in [1.54, 1.807) is 32.2 Å². The number of carbonyl (C=O) groups is 1. The molecule has 20 heavy (non-hydrogen) atoms. The minimum absolute atomic E-state index is 0.0166. The second-order valence-electron chi connectivity index (χ2n) is 4.20. The number of nitrogens with zero attached hydrogens (tertiary/aromatic N) is 1. The van der Waals surface area contributed by atoms with Crippen molar-refractivity contribution in [2.45, 2.75) is 6.92 Å². The number of rotatable bonds is 8. The van der Waals surface area contributed by atoms with Crippen LogP contribution in [0.5, 0.6) is 0 Å². The second-order valence-corrected chi connectivity index (χ2v) is 4.20. The fourth-order valence-corrected chi connectivity index (χ4v) is 1.86. The predicted octanol–water partition coefficient (Wildman–Crippen LogP) is 0.891. The van der Waals surface area contributed by atoms with Gasteiger partial charge in [0.05, 0.1) is 36.8 Å². The van der Waals surface area contributed by atoms with Crippen LogP contribution < -0.4 is 10.6 Å². The zero-order valence-electron chi connectivity index (χ0n) is 12.0. The molecule has 1 aromatic rings. The van der Waals surface area contributed by atoms with E-state index >= 15 is 0 Å². The number of nitrogen functional groups attached to an aromatic ring is 1. The zero-order chi connectivity index (χ0) is 15.0. The molecule has 112 valence electrons. The number of aliphatic hydroxyl groups excluding tert-OH is 1. The topological polar surface area (TPSA) is 85.0 Å². The summed E-state index contributed by atoms with van der Waals surface area (Å²) in [5.74, 6) is -0.392. The highest BCUT2D eigenvalue weighted by Crippen LogP contribution is 2.24.